The summed E-state index contributed by atoms with van der Waals surface area (Å²) in [4.78, 5) is 8.49. The second-order valence-electron chi connectivity index (χ2n) is 5.30. The molecule has 0 amide bonds. The van der Waals surface area contributed by atoms with Crippen LogP contribution in [0.1, 0.15) is 18.4 Å². The van der Waals surface area contributed by atoms with Crippen molar-refractivity contribution < 1.29 is 4.74 Å². The van der Waals surface area contributed by atoms with Crippen molar-refractivity contribution in [2.24, 2.45) is 5.92 Å². The first-order chi connectivity index (χ1) is 8.78. The van der Waals surface area contributed by atoms with E-state index in [-0.39, 0.29) is 5.60 Å². The Hall–Kier alpha value is -1.20. The molecule has 0 aliphatic carbocycles. The van der Waals surface area contributed by atoms with Crippen LogP contribution in [0.3, 0.4) is 0 Å². The number of aryl methyl sites for hydroxylation is 1. The molecule has 0 saturated carbocycles. The molecule has 0 bridgehead atoms. The van der Waals surface area contributed by atoms with E-state index in [4.69, 9.17) is 4.74 Å². The molecule has 0 radical (unpaired) electrons. The minimum absolute atomic E-state index is 0.135. The van der Waals surface area contributed by atoms with Crippen molar-refractivity contribution in [3.05, 3.63) is 18.0 Å². The predicted octanol–water partition coefficient (Wildman–Crippen LogP) is 0.966. The van der Waals surface area contributed by atoms with E-state index in [2.05, 4.69) is 20.6 Å². The van der Waals surface area contributed by atoms with Crippen LogP contribution in [0.2, 0.25) is 0 Å². The van der Waals surface area contributed by atoms with Gasteiger partial charge in [0.05, 0.1) is 5.60 Å². The first-order valence-corrected chi connectivity index (χ1v) is 6.66. The van der Waals surface area contributed by atoms with E-state index >= 15 is 0 Å². The van der Waals surface area contributed by atoms with Gasteiger partial charge in [-0.05, 0) is 31.2 Å². The second-order valence-corrected chi connectivity index (χ2v) is 5.30. The van der Waals surface area contributed by atoms with Gasteiger partial charge in [0.2, 0.25) is 5.95 Å². The van der Waals surface area contributed by atoms with Crippen LogP contribution in [-0.2, 0) is 4.74 Å². The van der Waals surface area contributed by atoms with Gasteiger partial charge in [0.15, 0.2) is 0 Å². The lowest BCUT2D eigenvalue weighted by molar-refractivity contribution is -0.0621. The van der Waals surface area contributed by atoms with Gasteiger partial charge >= 0.3 is 0 Å². The Labute approximate surface area is 107 Å². The number of hydrogen-bond donors (Lipinski definition) is 2. The maximum atomic E-state index is 5.89. The highest BCUT2D eigenvalue weighted by molar-refractivity contribution is 5.24. The zero-order valence-corrected chi connectivity index (χ0v) is 10.8. The maximum Gasteiger partial charge on any atom is 0.222 e. The van der Waals surface area contributed by atoms with E-state index in [1.165, 1.54) is 6.42 Å². The third-order valence-electron chi connectivity index (χ3n) is 4.01. The summed E-state index contributed by atoms with van der Waals surface area (Å²) in [7, 11) is 0. The lowest BCUT2D eigenvalue weighted by Crippen LogP contribution is -2.62. The Morgan fingerprint density at radius 3 is 2.89 bits per heavy atom. The highest BCUT2D eigenvalue weighted by Gasteiger charge is 2.48. The minimum atomic E-state index is 0.135. The van der Waals surface area contributed by atoms with Gasteiger partial charge in [-0.2, -0.15) is 0 Å². The fraction of sp³-hybridized carbons (Fsp3) is 0.692. The molecular formula is C13H20N4O. The number of aromatic nitrogens is 2. The molecule has 2 N–H and O–H groups in total. The molecule has 98 valence electrons. The Kier molecular flexibility index (Phi) is 3.18. The molecule has 1 aromatic rings. The summed E-state index contributed by atoms with van der Waals surface area (Å²) in [5, 5.41) is 6.60. The standard InChI is InChI=1S/C13H20N4O/c1-10-6-16-12(17-7-10)15-4-2-11-3-5-18-13(11)8-14-9-13/h6-7,11,14H,2-5,8-9H2,1H3,(H,15,16,17). The Morgan fingerprint density at radius 1 is 1.44 bits per heavy atom. The third kappa shape index (κ3) is 2.20. The topological polar surface area (TPSA) is 59.1 Å². The largest absolute Gasteiger partial charge is 0.372 e. The van der Waals surface area contributed by atoms with Crippen molar-refractivity contribution in [3.8, 4) is 0 Å². The quantitative estimate of drug-likeness (QED) is 0.831. The van der Waals surface area contributed by atoms with E-state index < -0.39 is 0 Å². The lowest BCUT2D eigenvalue weighted by Gasteiger charge is -2.43. The van der Waals surface area contributed by atoms with Crippen LogP contribution in [-0.4, -0.2) is 41.8 Å². The molecule has 3 rings (SSSR count). The van der Waals surface area contributed by atoms with Crippen molar-refractivity contribution in [3.63, 3.8) is 0 Å². The summed E-state index contributed by atoms with van der Waals surface area (Å²) >= 11 is 0. The molecule has 1 aromatic heterocycles. The molecule has 2 aliphatic heterocycles. The average molecular weight is 248 g/mol. The SMILES string of the molecule is Cc1cnc(NCCC2CCOC23CNC3)nc1. The number of nitrogens with zero attached hydrogens (tertiary/aromatic N) is 2. The van der Waals surface area contributed by atoms with E-state index in [1.807, 2.05) is 19.3 Å². The monoisotopic (exact) mass is 248 g/mol. The average Bonchev–Trinajstić information content (AvgIpc) is 2.75. The molecule has 5 nitrogen and oxygen atoms in total. The summed E-state index contributed by atoms with van der Waals surface area (Å²) in [5.41, 5.74) is 1.22. The number of rotatable bonds is 4. The fourth-order valence-electron chi connectivity index (χ4n) is 2.80. The normalized spacial score (nSPS) is 25.1. The Morgan fingerprint density at radius 2 is 2.22 bits per heavy atom. The van der Waals surface area contributed by atoms with Gasteiger partial charge in [0, 0.05) is 38.6 Å². The van der Waals surface area contributed by atoms with Crippen LogP contribution in [0, 0.1) is 12.8 Å². The van der Waals surface area contributed by atoms with Gasteiger partial charge in [-0.1, -0.05) is 0 Å². The van der Waals surface area contributed by atoms with E-state index in [0.717, 1.165) is 44.2 Å². The number of ether oxygens (including phenoxy) is 1. The van der Waals surface area contributed by atoms with Crippen molar-refractivity contribution >= 4 is 5.95 Å². The minimum Gasteiger partial charge on any atom is -0.372 e. The third-order valence-corrected chi connectivity index (χ3v) is 4.01. The van der Waals surface area contributed by atoms with E-state index in [0.29, 0.717) is 5.92 Å². The Balaban J connectivity index is 1.48. The van der Waals surface area contributed by atoms with Crippen LogP contribution >= 0.6 is 0 Å². The van der Waals surface area contributed by atoms with Crippen molar-refractivity contribution in [2.45, 2.75) is 25.4 Å². The van der Waals surface area contributed by atoms with Crippen molar-refractivity contribution in [2.75, 3.05) is 31.6 Å². The van der Waals surface area contributed by atoms with Gasteiger partial charge in [-0.15, -0.1) is 0 Å². The zero-order chi connectivity index (χ0) is 12.4. The zero-order valence-electron chi connectivity index (χ0n) is 10.8. The smallest absolute Gasteiger partial charge is 0.222 e. The summed E-state index contributed by atoms with van der Waals surface area (Å²) in [5.74, 6) is 1.39. The van der Waals surface area contributed by atoms with Crippen LogP contribution in [0.5, 0.6) is 0 Å². The molecule has 2 saturated heterocycles. The second kappa shape index (κ2) is 4.82. The highest BCUT2D eigenvalue weighted by Crippen LogP contribution is 2.37. The first-order valence-electron chi connectivity index (χ1n) is 6.66. The number of nitrogens with one attached hydrogen (secondary N) is 2. The first kappa shape index (κ1) is 11.9. The number of anilines is 1. The molecule has 1 atom stereocenters. The molecule has 0 aromatic carbocycles. The van der Waals surface area contributed by atoms with Crippen LogP contribution in [0.15, 0.2) is 12.4 Å². The summed E-state index contributed by atoms with van der Waals surface area (Å²) in [6.45, 7) is 5.84. The van der Waals surface area contributed by atoms with E-state index in [9.17, 15) is 0 Å². The molecule has 2 fully saturated rings. The van der Waals surface area contributed by atoms with Gasteiger partial charge in [0.1, 0.15) is 0 Å². The van der Waals surface area contributed by atoms with Crippen molar-refractivity contribution in [1.29, 1.82) is 0 Å². The van der Waals surface area contributed by atoms with Gasteiger partial charge in [-0.25, -0.2) is 9.97 Å². The molecule has 18 heavy (non-hydrogen) atoms. The van der Waals surface area contributed by atoms with E-state index in [1.54, 1.807) is 0 Å². The summed E-state index contributed by atoms with van der Waals surface area (Å²) in [6, 6.07) is 0. The predicted molar refractivity (Wildman–Crippen MR) is 69.5 cm³/mol. The molecule has 1 unspecified atom stereocenters. The van der Waals surface area contributed by atoms with Gasteiger partial charge < -0.3 is 15.4 Å². The lowest BCUT2D eigenvalue weighted by atomic mass is 9.80. The van der Waals surface area contributed by atoms with Gasteiger partial charge in [-0.3, -0.25) is 0 Å². The van der Waals surface area contributed by atoms with Gasteiger partial charge in [0.25, 0.3) is 0 Å². The fourth-order valence-corrected chi connectivity index (χ4v) is 2.80. The van der Waals surface area contributed by atoms with Crippen molar-refractivity contribution in [1.82, 2.24) is 15.3 Å². The number of hydrogen-bond acceptors (Lipinski definition) is 5. The van der Waals surface area contributed by atoms with Crippen LogP contribution in [0.4, 0.5) is 5.95 Å². The molecular weight excluding hydrogens is 228 g/mol. The summed E-state index contributed by atoms with van der Waals surface area (Å²) in [6.07, 6.45) is 5.98. The molecule has 1 spiro atoms. The molecule has 3 heterocycles. The van der Waals surface area contributed by atoms with Crippen LogP contribution in [0.25, 0.3) is 0 Å². The van der Waals surface area contributed by atoms with Crippen LogP contribution < -0.4 is 10.6 Å². The Bertz CT molecular complexity index is 402. The maximum absolute atomic E-state index is 5.89. The molecule has 5 heteroatoms. The molecule has 2 aliphatic rings. The highest BCUT2D eigenvalue weighted by atomic mass is 16.5. The summed E-state index contributed by atoms with van der Waals surface area (Å²) < 4.78 is 5.89.